The molecule has 3 rings (SSSR count). The van der Waals surface area contributed by atoms with Crippen molar-refractivity contribution in [2.45, 2.75) is 38.1 Å². The topological polar surface area (TPSA) is 49.3 Å². The Balaban J connectivity index is 1.58. The lowest BCUT2D eigenvalue weighted by Gasteiger charge is -2.43. The Hall–Kier alpha value is -1.59. The molecule has 128 valence electrons. The van der Waals surface area contributed by atoms with E-state index in [0.29, 0.717) is 6.54 Å². The van der Waals surface area contributed by atoms with Gasteiger partial charge in [0.15, 0.2) is 5.96 Å². The van der Waals surface area contributed by atoms with E-state index in [0.717, 1.165) is 22.5 Å². The molecule has 4 nitrogen and oxygen atoms in total. The summed E-state index contributed by atoms with van der Waals surface area (Å²) in [6.45, 7) is 3.65. The maximum absolute atomic E-state index is 6.02. The molecule has 0 atom stereocenters. The number of benzene rings is 1. The predicted molar refractivity (Wildman–Crippen MR) is 102 cm³/mol. The molecule has 0 spiro atoms. The van der Waals surface area contributed by atoms with Crippen molar-refractivity contribution >= 4 is 28.9 Å². The van der Waals surface area contributed by atoms with Gasteiger partial charge in [-0.3, -0.25) is 4.99 Å². The molecule has 0 radical (unpaired) electrons. The molecule has 24 heavy (non-hydrogen) atoms. The van der Waals surface area contributed by atoms with Crippen molar-refractivity contribution in [2.24, 2.45) is 4.99 Å². The SMILES string of the molecule is CN=C(NCc1ncc(C)s1)NCC1(c2ccc(Cl)cc2)CCC1. The van der Waals surface area contributed by atoms with Gasteiger partial charge in [-0.1, -0.05) is 30.2 Å². The summed E-state index contributed by atoms with van der Waals surface area (Å²) >= 11 is 7.73. The van der Waals surface area contributed by atoms with Crippen LogP contribution in [0, 0.1) is 6.92 Å². The van der Waals surface area contributed by atoms with Crippen molar-refractivity contribution in [2.75, 3.05) is 13.6 Å². The Bertz CT molecular complexity index is 704. The fourth-order valence-electron chi connectivity index (χ4n) is 3.09. The van der Waals surface area contributed by atoms with E-state index < -0.39 is 0 Å². The van der Waals surface area contributed by atoms with Gasteiger partial charge >= 0.3 is 0 Å². The van der Waals surface area contributed by atoms with Gasteiger partial charge in [0.25, 0.3) is 0 Å². The van der Waals surface area contributed by atoms with Crippen molar-refractivity contribution in [3.63, 3.8) is 0 Å². The van der Waals surface area contributed by atoms with Crippen molar-refractivity contribution in [1.29, 1.82) is 0 Å². The number of guanidine groups is 1. The number of aryl methyl sites for hydroxylation is 1. The minimum atomic E-state index is 0.194. The molecule has 1 aromatic heterocycles. The van der Waals surface area contributed by atoms with Crippen LogP contribution < -0.4 is 10.6 Å². The van der Waals surface area contributed by atoms with Gasteiger partial charge in [-0.2, -0.15) is 0 Å². The highest BCUT2D eigenvalue weighted by Gasteiger charge is 2.38. The molecule has 1 saturated carbocycles. The Kier molecular flexibility index (Phi) is 5.41. The van der Waals surface area contributed by atoms with Gasteiger partial charge in [-0.05, 0) is 37.5 Å². The predicted octanol–water partition coefficient (Wildman–Crippen LogP) is 3.89. The average Bonchev–Trinajstić information content (AvgIpc) is 2.96. The molecule has 2 aromatic rings. The first kappa shape index (κ1) is 17.2. The number of nitrogens with zero attached hydrogens (tertiary/aromatic N) is 2. The van der Waals surface area contributed by atoms with Crippen LogP contribution in [0.2, 0.25) is 5.02 Å². The largest absolute Gasteiger partial charge is 0.356 e. The number of thiazole rings is 1. The number of hydrogen-bond donors (Lipinski definition) is 2. The summed E-state index contributed by atoms with van der Waals surface area (Å²) < 4.78 is 0. The molecule has 0 aliphatic heterocycles. The lowest BCUT2D eigenvalue weighted by atomic mass is 9.64. The maximum Gasteiger partial charge on any atom is 0.191 e. The lowest BCUT2D eigenvalue weighted by molar-refractivity contribution is 0.244. The van der Waals surface area contributed by atoms with E-state index in [-0.39, 0.29) is 5.41 Å². The molecule has 0 bridgehead atoms. The van der Waals surface area contributed by atoms with Gasteiger partial charge in [-0.25, -0.2) is 4.98 Å². The van der Waals surface area contributed by atoms with Gasteiger partial charge in [0.1, 0.15) is 5.01 Å². The zero-order valence-electron chi connectivity index (χ0n) is 14.1. The first-order valence-electron chi connectivity index (χ1n) is 8.23. The second-order valence-corrected chi connectivity index (χ2v) is 8.04. The van der Waals surface area contributed by atoms with Gasteiger partial charge in [-0.15, -0.1) is 11.3 Å². The van der Waals surface area contributed by atoms with Crippen LogP contribution in [0.4, 0.5) is 0 Å². The highest BCUT2D eigenvalue weighted by molar-refractivity contribution is 7.11. The first-order valence-corrected chi connectivity index (χ1v) is 9.43. The van der Waals surface area contributed by atoms with E-state index in [1.54, 1.807) is 18.4 Å². The number of nitrogens with one attached hydrogen (secondary N) is 2. The highest BCUT2D eigenvalue weighted by Crippen LogP contribution is 2.43. The Labute approximate surface area is 152 Å². The molecule has 1 aliphatic carbocycles. The van der Waals surface area contributed by atoms with Crippen LogP contribution in [0.5, 0.6) is 0 Å². The van der Waals surface area contributed by atoms with E-state index >= 15 is 0 Å². The van der Waals surface area contributed by atoms with Crippen LogP contribution in [0.15, 0.2) is 35.5 Å². The number of rotatable bonds is 5. The Morgan fingerprint density at radius 3 is 2.58 bits per heavy atom. The number of aliphatic imine (C=N–C) groups is 1. The minimum absolute atomic E-state index is 0.194. The Morgan fingerprint density at radius 1 is 1.29 bits per heavy atom. The minimum Gasteiger partial charge on any atom is -0.356 e. The highest BCUT2D eigenvalue weighted by atomic mass is 35.5. The van der Waals surface area contributed by atoms with Crippen LogP contribution in [-0.4, -0.2) is 24.5 Å². The molecular weight excluding hydrogens is 340 g/mol. The van der Waals surface area contributed by atoms with Gasteiger partial charge in [0.2, 0.25) is 0 Å². The van der Waals surface area contributed by atoms with Gasteiger partial charge in [0, 0.05) is 35.1 Å². The third kappa shape index (κ3) is 3.90. The zero-order chi connectivity index (χ0) is 17.0. The van der Waals surface area contributed by atoms with E-state index in [4.69, 9.17) is 11.6 Å². The first-order chi connectivity index (χ1) is 11.6. The van der Waals surface area contributed by atoms with Crippen LogP contribution >= 0.6 is 22.9 Å². The van der Waals surface area contributed by atoms with E-state index in [2.05, 4.69) is 39.7 Å². The fourth-order valence-corrected chi connectivity index (χ4v) is 3.94. The number of halogens is 1. The van der Waals surface area contributed by atoms with Crippen LogP contribution in [0.25, 0.3) is 0 Å². The van der Waals surface area contributed by atoms with Crippen molar-refractivity contribution in [3.8, 4) is 0 Å². The van der Waals surface area contributed by atoms with Crippen LogP contribution in [-0.2, 0) is 12.0 Å². The van der Waals surface area contributed by atoms with Crippen molar-refractivity contribution < 1.29 is 0 Å². The Morgan fingerprint density at radius 2 is 2.04 bits per heavy atom. The number of aromatic nitrogens is 1. The van der Waals surface area contributed by atoms with Gasteiger partial charge in [0.05, 0.1) is 6.54 Å². The average molecular weight is 363 g/mol. The molecule has 1 heterocycles. The van der Waals surface area contributed by atoms with Gasteiger partial charge < -0.3 is 10.6 Å². The quantitative estimate of drug-likeness (QED) is 0.626. The van der Waals surface area contributed by atoms with E-state index in [9.17, 15) is 0 Å². The maximum atomic E-state index is 6.02. The third-order valence-electron chi connectivity index (χ3n) is 4.66. The summed E-state index contributed by atoms with van der Waals surface area (Å²) in [6, 6.07) is 8.26. The third-order valence-corrected chi connectivity index (χ3v) is 5.83. The summed E-state index contributed by atoms with van der Waals surface area (Å²) in [7, 11) is 1.80. The second kappa shape index (κ2) is 7.53. The second-order valence-electron chi connectivity index (χ2n) is 6.28. The molecule has 0 unspecified atom stereocenters. The fraction of sp³-hybridized carbons (Fsp3) is 0.444. The molecule has 2 N–H and O–H groups in total. The molecule has 1 fully saturated rings. The van der Waals surface area contributed by atoms with Crippen LogP contribution in [0.1, 0.15) is 34.7 Å². The molecule has 0 saturated heterocycles. The summed E-state index contributed by atoms with van der Waals surface area (Å²) in [6.07, 6.45) is 5.57. The van der Waals surface area contributed by atoms with Crippen LogP contribution in [0.3, 0.4) is 0 Å². The van der Waals surface area contributed by atoms with Crippen molar-refractivity contribution in [3.05, 3.63) is 50.9 Å². The monoisotopic (exact) mass is 362 g/mol. The normalized spacial score (nSPS) is 16.5. The van der Waals surface area contributed by atoms with E-state index in [1.165, 1.54) is 29.7 Å². The molecule has 1 aromatic carbocycles. The number of hydrogen-bond acceptors (Lipinski definition) is 3. The summed E-state index contributed by atoms with van der Waals surface area (Å²) in [5.74, 6) is 0.822. The molecule has 6 heteroatoms. The standard InChI is InChI=1S/C18H23ClN4S/c1-13-10-21-16(24-13)11-22-17(20-2)23-12-18(8-3-9-18)14-4-6-15(19)7-5-14/h4-7,10H,3,8-9,11-12H2,1-2H3,(H2,20,22,23). The summed E-state index contributed by atoms with van der Waals surface area (Å²) in [5, 5.41) is 8.70. The van der Waals surface area contributed by atoms with E-state index in [1.807, 2.05) is 18.3 Å². The summed E-state index contributed by atoms with van der Waals surface area (Å²) in [4.78, 5) is 9.93. The summed E-state index contributed by atoms with van der Waals surface area (Å²) in [5.41, 5.74) is 1.55. The molecule has 1 aliphatic rings. The molecular formula is C18H23ClN4S. The molecule has 0 amide bonds. The van der Waals surface area contributed by atoms with Crippen molar-refractivity contribution in [1.82, 2.24) is 15.6 Å². The smallest absolute Gasteiger partial charge is 0.191 e. The zero-order valence-corrected chi connectivity index (χ0v) is 15.7. The lowest BCUT2D eigenvalue weighted by Crippen LogP contribution is -2.48.